The van der Waals surface area contributed by atoms with Crippen LogP contribution in [0.15, 0.2) is 24.3 Å². The van der Waals surface area contributed by atoms with E-state index < -0.39 is 17.7 Å². The van der Waals surface area contributed by atoms with E-state index in [2.05, 4.69) is 5.10 Å². The standard InChI is InChI=1S/C14H13F3N2O2/c1-8-12(13(20)21)11(18-19(8)2)7-9-3-5-10(6-4-9)14(15,16)17/h3-6H,7H2,1-2H3,(H,20,21). The summed E-state index contributed by atoms with van der Waals surface area (Å²) in [5, 5.41) is 13.3. The highest BCUT2D eigenvalue weighted by molar-refractivity contribution is 5.90. The van der Waals surface area contributed by atoms with Crippen molar-refractivity contribution in [1.82, 2.24) is 9.78 Å². The second-order valence-electron chi connectivity index (χ2n) is 4.71. The first-order valence-electron chi connectivity index (χ1n) is 6.12. The van der Waals surface area contributed by atoms with Gasteiger partial charge in [0, 0.05) is 19.2 Å². The van der Waals surface area contributed by atoms with Crippen LogP contribution in [0.2, 0.25) is 0 Å². The minimum Gasteiger partial charge on any atom is -0.478 e. The van der Waals surface area contributed by atoms with Crippen LogP contribution in [-0.4, -0.2) is 20.9 Å². The zero-order valence-corrected chi connectivity index (χ0v) is 11.4. The third-order valence-electron chi connectivity index (χ3n) is 3.27. The van der Waals surface area contributed by atoms with Crippen molar-refractivity contribution in [1.29, 1.82) is 0 Å². The van der Waals surface area contributed by atoms with Gasteiger partial charge >= 0.3 is 12.1 Å². The fraction of sp³-hybridized carbons (Fsp3) is 0.286. The number of nitrogens with zero attached hydrogens (tertiary/aromatic N) is 2. The molecule has 1 heterocycles. The Balaban J connectivity index is 2.31. The zero-order valence-electron chi connectivity index (χ0n) is 11.4. The number of aryl methyl sites for hydroxylation is 1. The summed E-state index contributed by atoms with van der Waals surface area (Å²) in [6.07, 6.45) is -4.21. The average molecular weight is 298 g/mol. The first-order valence-corrected chi connectivity index (χ1v) is 6.12. The predicted octanol–water partition coefficient (Wildman–Crippen LogP) is 3.04. The minimum absolute atomic E-state index is 0.0948. The maximum atomic E-state index is 12.5. The summed E-state index contributed by atoms with van der Waals surface area (Å²) >= 11 is 0. The Morgan fingerprint density at radius 3 is 2.33 bits per heavy atom. The lowest BCUT2D eigenvalue weighted by atomic mass is 10.0. The van der Waals surface area contributed by atoms with E-state index in [0.29, 0.717) is 17.0 Å². The average Bonchev–Trinajstić information content (AvgIpc) is 2.64. The van der Waals surface area contributed by atoms with Gasteiger partial charge in [-0.3, -0.25) is 4.68 Å². The number of hydrogen-bond donors (Lipinski definition) is 1. The largest absolute Gasteiger partial charge is 0.478 e. The molecule has 0 saturated carbocycles. The molecule has 0 amide bonds. The molecule has 0 aliphatic heterocycles. The van der Waals surface area contributed by atoms with Crippen molar-refractivity contribution in [2.75, 3.05) is 0 Å². The van der Waals surface area contributed by atoms with Gasteiger partial charge in [0.05, 0.1) is 11.3 Å². The van der Waals surface area contributed by atoms with Crippen LogP contribution in [0, 0.1) is 6.92 Å². The van der Waals surface area contributed by atoms with E-state index in [-0.39, 0.29) is 12.0 Å². The molecule has 0 saturated heterocycles. The van der Waals surface area contributed by atoms with Gasteiger partial charge in [-0.25, -0.2) is 4.79 Å². The third-order valence-corrected chi connectivity index (χ3v) is 3.27. The Bertz CT molecular complexity index is 673. The molecule has 7 heteroatoms. The lowest BCUT2D eigenvalue weighted by Gasteiger charge is -2.07. The Labute approximate surface area is 118 Å². The second-order valence-corrected chi connectivity index (χ2v) is 4.71. The van der Waals surface area contributed by atoms with Crippen molar-refractivity contribution < 1.29 is 23.1 Å². The molecular weight excluding hydrogens is 285 g/mol. The number of carboxylic acid groups (broad SMARTS) is 1. The van der Waals surface area contributed by atoms with Crippen LogP contribution in [0.1, 0.15) is 32.9 Å². The summed E-state index contributed by atoms with van der Waals surface area (Å²) in [6, 6.07) is 4.62. The maximum absolute atomic E-state index is 12.5. The van der Waals surface area contributed by atoms with Crippen molar-refractivity contribution in [2.45, 2.75) is 19.5 Å². The Kier molecular flexibility index (Phi) is 3.76. The monoisotopic (exact) mass is 298 g/mol. The highest BCUT2D eigenvalue weighted by atomic mass is 19.4. The predicted molar refractivity (Wildman–Crippen MR) is 69.2 cm³/mol. The van der Waals surface area contributed by atoms with E-state index in [4.69, 9.17) is 0 Å². The van der Waals surface area contributed by atoms with Crippen molar-refractivity contribution in [3.8, 4) is 0 Å². The number of aromatic nitrogens is 2. The summed E-state index contributed by atoms with van der Waals surface area (Å²) in [5.74, 6) is -1.09. The van der Waals surface area contributed by atoms with Gasteiger partial charge in [-0.05, 0) is 24.6 Å². The molecule has 0 bridgehead atoms. The molecule has 2 rings (SSSR count). The van der Waals surface area contributed by atoms with Gasteiger partial charge < -0.3 is 5.11 Å². The molecule has 0 aliphatic carbocycles. The van der Waals surface area contributed by atoms with Gasteiger partial charge in [-0.2, -0.15) is 18.3 Å². The van der Waals surface area contributed by atoms with Crippen molar-refractivity contribution in [2.24, 2.45) is 7.05 Å². The topological polar surface area (TPSA) is 55.1 Å². The van der Waals surface area contributed by atoms with E-state index in [1.165, 1.54) is 16.8 Å². The third kappa shape index (κ3) is 3.07. The van der Waals surface area contributed by atoms with Gasteiger partial charge in [-0.1, -0.05) is 12.1 Å². The van der Waals surface area contributed by atoms with Crippen molar-refractivity contribution in [3.63, 3.8) is 0 Å². The van der Waals surface area contributed by atoms with Gasteiger partial charge in [0.15, 0.2) is 0 Å². The summed E-state index contributed by atoms with van der Waals surface area (Å²) in [6.45, 7) is 1.63. The van der Waals surface area contributed by atoms with Crippen molar-refractivity contribution >= 4 is 5.97 Å². The molecule has 0 unspecified atom stereocenters. The number of hydrogen-bond acceptors (Lipinski definition) is 2. The smallest absolute Gasteiger partial charge is 0.416 e. The number of rotatable bonds is 3. The molecule has 0 spiro atoms. The number of halogens is 3. The van der Waals surface area contributed by atoms with Gasteiger partial charge in [-0.15, -0.1) is 0 Å². The normalized spacial score (nSPS) is 11.7. The van der Waals surface area contributed by atoms with Gasteiger partial charge in [0.2, 0.25) is 0 Å². The van der Waals surface area contributed by atoms with Crippen LogP contribution in [0.5, 0.6) is 0 Å². The number of carbonyl (C=O) groups is 1. The number of carboxylic acids is 1. The summed E-state index contributed by atoms with van der Waals surface area (Å²) in [5.41, 5.74) is 0.773. The summed E-state index contributed by atoms with van der Waals surface area (Å²) < 4.78 is 38.9. The highest BCUT2D eigenvalue weighted by Crippen LogP contribution is 2.29. The van der Waals surface area contributed by atoms with Crippen LogP contribution in [-0.2, 0) is 19.6 Å². The van der Waals surface area contributed by atoms with Crippen LogP contribution in [0.3, 0.4) is 0 Å². The molecule has 0 fully saturated rings. The molecule has 1 N–H and O–H groups in total. The van der Waals surface area contributed by atoms with E-state index in [1.54, 1.807) is 14.0 Å². The van der Waals surface area contributed by atoms with Crippen LogP contribution in [0.25, 0.3) is 0 Å². The van der Waals surface area contributed by atoms with Crippen LogP contribution >= 0.6 is 0 Å². The van der Waals surface area contributed by atoms with Crippen molar-refractivity contribution in [3.05, 3.63) is 52.3 Å². The Morgan fingerprint density at radius 1 is 1.29 bits per heavy atom. The van der Waals surface area contributed by atoms with E-state index in [0.717, 1.165) is 12.1 Å². The molecule has 0 atom stereocenters. The quantitative estimate of drug-likeness (QED) is 0.947. The molecule has 2 aromatic rings. The van der Waals surface area contributed by atoms with E-state index >= 15 is 0 Å². The minimum atomic E-state index is -4.38. The second kappa shape index (κ2) is 5.23. The number of aromatic carboxylic acids is 1. The Hall–Kier alpha value is -2.31. The number of alkyl halides is 3. The highest BCUT2D eigenvalue weighted by Gasteiger charge is 2.30. The molecule has 4 nitrogen and oxygen atoms in total. The zero-order chi connectivity index (χ0) is 15.8. The molecule has 1 aromatic heterocycles. The van der Waals surface area contributed by atoms with Crippen LogP contribution < -0.4 is 0 Å². The molecule has 0 aliphatic rings. The molecule has 0 radical (unpaired) electrons. The summed E-state index contributed by atoms with van der Waals surface area (Å²) in [4.78, 5) is 11.2. The van der Waals surface area contributed by atoms with E-state index in [1.807, 2.05) is 0 Å². The van der Waals surface area contributed by atoms with Gasteiger partial charge in [0.25, 0.3) is 0 Å². The first-order chi connectivity index (χ1) is 9.70. The Morgan fingerprint density at radius 2 is 1.86 bits per heavy atom. The SMILES string of the molecule is Cc1c(C(=O)O)c(Cc2ccc(C(F)(F)F)cc2)nn1C. The van der Waals surface area contributed by atoms with Crippen LogP contribution in [0.4, 0.5) is 13.2 Å². The summed E-state index contributed by atoms with van der Waals surface area (Å²) in [7, 11) is 1.62. The molecule has 112 valence electrons. The fourth-order valence-corrected chi connectivity index (χ4v) is 2.08. The number of benzene rings is 1. The molecule has 1 aromatic carbocycles. The molecular formula is C14H13F3N2O2. The molecule has 21 heavy (non-hydrogen) atoms. The fourth-order valence-electron chi connectivity index (χ4n) is 2.08. The lowest BCUT2D eigenvalue weighted by molar-refractivity contribution is -0.137. The van der Waals surface area contributed by atoms with E-state index in [9.17, 15) is 23.1 Å². The maximum Gasteiger partial charge on any atom is 0.416 e. The van der Waals surface area contributed by atoms with Gasteiger partial charge in [0.1, 0.15) is 5.56 Å². The first kappa shape index (κ1) is 15.1. The lowest BCUT2D eigenvalue weighted by Crippen LogP contribution is -2.05.